The van der Waals surface area contributed by atoms with Crippen LogP contribution in [0.5, 0.6) is 0 Å². The summed E-state index contributed by atoms with van der Waals surface area (Å²) in [4.78, 5) is 0. The van der Waals surface area contributed by atoms with Gasteiger partial charge >= 0.3 is 0 Å². The van der Waals surface area contributed by atoms with E-state index in [0.29, 0.717) is 0 Å². The largest absolute Gasteiger partial charge is 0.460 e. The molecule has 0 amide bonds. The molecule has 0 bridgehead atoms. The van der Waals surface area contributed by atoms with E-state index in [0.717, 1.165) is 35.6 Å². The zero-order valence-corrected chi connectivity index (χ0v) is 30.1. The predicted molar refractivity (Wildman–Crippen MR) is 224 cm³/mol. The molecule has 0 atom stereocenters. The molecule has 2 nitrogen and oxygen atoms in total. The van der Waals surface area contributed by atoms with Crippen molar-refractivity contribution in [1.29, 1.82) is 0 Å². The topological polar surface area (TPSA) is 25.2 Å². The van der Waals surface area contributed by atoms with Crippen LogP contribution in [0.15, 0.2) is 180 Å². The van der Waals surface area contributed by atoms with Crippen LogP contribution in [0, 0.1) is 0 Å². The summed E-state index contributed by atoms with van der Waals surface area (Å²) in [5, 5.41) is 4.82. The lowest BCUT2D eigenvalue weighted by atomic mass is 9.82. The third-order valence-corrected chi connectivity index (χ3v) is 10.8. The number of furan rings is 1. The molecule has 0 spiro atoms. The van der Waals surface area contributed by atoms with Crippen LogP contribution in [0.4, 0.5) is 11.4 Å². The molecule has 0 saturated carbocycles. The van der Waals surface area contributed by atoms with Gasteiger partial charge in [0.2, 0.25) is 0 Å². The summed E-state index contributed by atoms with van der Waals surface area (Å²) in [5.41, 5.74) is 17.3. The van der Waals surface area contributed by atoms with Gasteiger partial charge in [-0.15, -0.1) is 0 Å². The molecule has 2 aliphatic rings. The van der Waals surface area contributed by atoms with Crippen molar-refractivity contribution < 1.29 is 4.42 Å². The molecule has 0 fully saturated rings. The van der Waals surface area contributed by atoms with Crippen LogP contribution in [0.1, 0.15) is 42.7 Å². The van der Waals surface area contributed by atoms with Gasteiger partial charge in [-0.3, -0.25) is 0 Å². The molecular formula is C51H41NO. The van der Waals surface area contributed by atoms with Crippen LogP contribution < -0.4 is 5.32 Å². The maximum atomic E-state index is 6.09. The number of benzene rings is 7. The number of aryl methyl sites for hydroxylation is 1. The third-order valence-electron chi connectivity index (χ3n) is 10.8. The van der Waals surface area contributed by atoms with E-state index in [-0.39, 0.29) is 5.41 Å². The van der Waals surface area contributed by atoms with E-state index in [9.17, 15) is 0 Å². The fraction of sp³-hybridized carbons (Fsp3) is 0.0980. The maximum absolute atomic E-state index is 6.09. The minimum absolute atomic E-state index is 0.0285. The van der Waals surface area contributed by atoms with Gasteiger partial charge in [0.25, 0.3) is 0 Å². The van der Waals surface area contributed by atoms with Crippen molar-refractivity contribution in [3.63, 3.8) is 0 Å². The summed E-state index contributed by atoms with van der Waals surface area (Å²) in [5.74, 6) is 1.11. The molecule has 1 heterocycles. The molecule has 0 saturated heterocycles. The zero-order valence-electron chi connectivity index (χ0n) is 30.1. The Morgan fingerprint density at radius 3 is 1.87 bits per heavy atom. The van der Waals surface area contributed by atoms with Crippen molar-refractivity contribution in [3.8, 4) is 44.5 Å². The lowest BCUT2D eigenvalue weighted by Crippen LogP contribution is -2.14. The molecule has 10 rings (SSSR count). The number of nitrogens with one attached hydrogen (secondary N) is 1. The van der Waals surface area contributed by atoms with Gasteiger partial charge in [0.05, 0.1) is 0 Å². The van der Waals surface area contributed by atoms with Gasteiger partial charge in [-0.2, -0.15) is 0 Å². The van der Waals surface area contributed by atoms with Crippen molar-refractivity contribution in [3.05, 3.63) is 198 Å². The summed E-state index contributed by atoms with van der Waals surface area (Å²) in [6.45, 7) is 4.65. The lowest BCUT2D eigenvalue weighted by molar-refractivity contribution is 0.546. The minimum Gasteiger partial charge on any atom is -0.460 e. The normalized spacial score (nSPS) is 13.4. The number of hydrogen-bond donors (Lipinski definition) is 1. The van der Waals surface area contributed by atoms with Gasteiger partial charge in [0.15, 0.2) is 0 Å². The second kappa shape index (κ2) is 13.6. The van der Waals surface area contributed by atoms with Crippen LogP contribution in [0.25, 0.3) is 61.6 Å². The number of hydrogen-bond acceptors (Lipinski definition) is 2. The standard InChI is InChI=1S/C39H31NO.C12H10/c1-39(2)35-12-5-3-10-31(35)33-23-28(16-20-36(33)39)26-8-7-9-30(22-26)40-29-18-14-25(15-19-29)27-17-21-38-34(24-27)32-11-4-6-13-37(32)41-38;1-3-7-11(8-4-1)12-9-5-2-6-10-12/h3-5,7-12,14-24,40H,6,13H2,1-2H3;1-10H. The predicted octanol–water partition coefficient (Wildman–Crippen LogP) is 14.1. The highest BCUT2D eigenvalue weighted by atomic mass is 16.3. The fourth-order valence-corrected chi connectivity index (χ4v) is 7.98. The van der Waals surface area contributed by atoms with E-state index in [1.807, 2.05) is 12.1 Å². The van der Waals surface area contributed by atoms with Crippen LogP contribution in [0.2, 0.25) is 0 Å². The molecule has 0 radical (unpaired) electrons. The molecule has 256 valence electrons. The Kier molecular flexibility index (Phi) is 8.37. The average molecular weight is 684 g/mol. The highest BCUT2D eigenvalue weighted by Gasteiger charge is 2.35. The van der Waals surface area contributed by atoms with Gasteiger partial charge in [-0.1, -0.05) is 153 Å². The molecule has 1 aromatic heterocycles. The smallest absolute Gasteiger partial charge is 0.134 e. The summed E-state index contributed by atoms with van der Waals surface area (Å²) < 4.78 is 6.09. The Bertz CT molecular complexity index is 2550. The van der Waals surface area contributed by atoms with Gasteiger partial charge in [-0.05, 0) is 105 Å². The summed E-state index contributed by atoms with van der Waals surface area (Å²) >= 11 is 0. The van der Waals surface area contributed by atoms with Crippen molar-refractivity contribution in [2.24, 2.45) is 0 Å². The number of allylic oxidation sites excluding steroid dienone is 1. The first-order valence-corrected chi connectivity index (χ1v) is 18.6. The van der Waals surface area contributed by atoms with Crippen molar-refractivity contribution in [1.82, 2.24) is 0 Å². The fourth-order valence-electron chi connectivity index (χ4n) is 7.98. The van der Waals surface area contributed by atoms with Gasteiger partial charge in [-0.25, -0.2) is 0 Å². The van der Waals surface area contributed by atoms with Crippen molar-refractivity contribution >= 4 is 28.4 Å². The van der Waals surface area contributed by atoms with Crippen molar-refractivity contribution in [2.75, 3.05) is 5.32 Å². The molecule has 0 unspecified atom stereocenters. The van der Waals surface area contributed by atoms with Gasteiger partial charge in [0, 0.05) is 34.2 Å². The quantitative estimate of drug-likeness (QED) is 0.195. The van der Waals surface area contributed by atoms with Crippen molar-refractivity contribution in [2.45, 2.75) is 32.1 Å². The van der Waals surface area contributed by atoms with E-state index in [1.54, 1.807) is 0 Å². The molecule has 1 N–H and O–H groups in total. The first-order chi connectivity index (χ1) is 26.0. The van der Waals surface area contributed by atoms with Crippen LogP contribution in [0.3, 0.4) is 0 Å². The van der Waals surface area contributed by atoms with Crippen LogP contribution in [-0.4, -0.2) is 0 Å². The number of fused-ring (bicyclic) bond motifs is 6. The van der Waals surface area contributed by atoms with E-state index < -0.39 is 0 Å². The summed E-state index contributed by atoms with van der Waals surface area (Å²) in [6.07, 6.45) is 6.48. The highest BCUT2D eigenvalue weighted by Crippen LogP contribution is 2.49. The van der Waals surface area contributed by atoms with E-state index in [4.69, 9.17) is 4.42 Å². The third kappa shape index (κ3) is 6.27. The Hall–Kier alpha value is -6.38. The van der Waals surface area contributed by atoms with E-state index in [2.05, 4.69) is 189 Å². The molecule has 8 aromatic rings. The Balaban J connectivity index is 0.000000263. The summed E-state index contributed by atoms with van der Waals surface area (Å²) in [6, 6.07) is 60.5. The second-order valence-electron chi connectivity index (χ2n) is 14.5. The number of rotatable bonds is 5. The average Bonchev–Trinajstić information content (AvgIpc) is 3.70. The monoisotopic (exact) mass is 683 g/mol. The lowest BCUT2D eigenvalue weighted by Gasteiger charge is -2.21. The second-order valence-corrected chi connectivity index (χ2v) is 14.5. The Morgan fingerprint density at radius 2 is 1.09 bits per heavy atom. The molecule has 53 heavy (non-hydrogen) atoms. The Labute approximate surface area is 312 Å². The van der Waals surface area contributed by atoms with Gasteiger partial charge < -0.3 is 9.73 Å². The number of anilines is 2. The maximum Gasteiger partial charge on any atom is 0.134 e. The molecule has 2 heteroatoms. The first kappa shape index (κ1) is 32.5. The van der Waals surface area contributed by atoms with Crippen LogP contribution >= 0.6 is 0 Å². The zero-order chi connectivity index (χ0) is 35.8. The SMILES string of the molecule is CC1(C)c2ccccc2-c2cc(-c3cccc(Nc4ccc(-c5ccc6oc7c(c6c5)C=CCC7)cc4)c3)ccc21.c1ccc(-c2ccccc2)cc1. The first-order valence-electron chi connectivity index (χ1n) is 18.6. The van der Waals surface area contributed by atoms with Crippen LogP contribution in [-0.2, 0) is 11.8 Å². The Morgan fingerprint density at radius 1 is 0.491 bits per heavy atom. The molecule has 7 aromatic carbocycles. The minimum atomic E-state index is 0.0285. The van der Waals surface area contributed by atoms with E-state index in [1.165, 1.54) is 66.6 Å². The molecular weight excluding hydrogens is 643 g/mol. The molecule has 0 aliphatic heterocycles. The van der Waals surface area contributed by atoms with Gasteiger partial charge in [0.1, 0.15) is 11.3 Å². The van der Waals surface area contributed by atoms with E-state index >= 15 is 0 Å². The summed E-state index contributed by atoms with van der Waals surface area (Å²) in [7, 11) is 0. The molecule has 2 aliphatic carbocycles. The highest BCUT2D eigenvalue weighted by molar-refractivity contribution is 5.92.